The van der Waals surface area contributed by atoms with Gasteiger partial charge in [0, 0.05) is 18.6 Å². The van der Waals surface area contributed by atoms with Crippen molar-refractivity contribution >= 4 is 17.1 Å². The first-order chi connectivity index (χ1) is 9.79. The van der Waals surface area contributed by atoms with Gasteiger partial charge in [0.05, 0.1) is 12.1 Å². The SMILES string of the molecule is CC(C)(C)N(CCn1c(=O)oc2ccccc21)CC(=O)O. The Labute approximate surface area is 122 Å². The lowest BCUT2D eigenvalue weighted by Crippen LogP contribution is -2.46. The lowest BCUT2D eigenvalue weighted by atomic mass is 10.1. The highest BCUT2D eigenvalue weighted by atomic mass is 16.4. The van der Waals surface area contributed by atoms with Crippen LogP contribution in [0.25, 0.3) is 11.1 Å². The Kier molecular flexibility index (Phi) is 4.18. The lowest BCUT2D eigenvalue weighted by Gasteiger charge is -2.34. The highest BCUT2D eigenvalue weighted by molar-refractivity contribution is 5.72. The van der Waals surface area contributed by atoms with Gasteiger partial charge in [0.25, 0.3) is 0 Å². The van der Waals surface area contributed by atoms with Crippen molar-refractivity contribution in [2.45, 2.75) is 32.9 Å². The van der Waals surface area contributed by atoms with E-state index in [1.165, 1.54) is 4.57 Å². The van der Waals surface area contributed by atoms with Crippen molar-refractivity contribution in [2.24, 2.45) is 0 Å². The summed E-state index contributed by atoms with van der Waals surface area (Å²) in [6, 6.07) is 7.21. The minimum absolute atomic E-state index is 0.0615. The topological polar surface area (TPSA) is 75.7 Å². The van der Waals surface area contributed by atoms with Crippen LogP contribution < -0.4 is 5.76 Å². The van der Waals surface area contributed by atoms with E-state index in [2.05, 4.69) is 0 Å². The summed E-state index contributed by atoms with van der Waals surface area (Å²) < 4.78 is 6.71. The van der Waals surface area contributed by atoms with Crippen molar-refractivity contribution in [2.75, 3.05) is 13.1 Å². The summed E-state index contributed by atoms with van der Waals surface area (Å²) in [5.41, 5.74) is 0.983. The summed E-state index contributed by atoms with van der Waals surface area (Å²) in [6.45, 7) is 6.64. The fraction of sp³-hybridized carbons (Fsp3) is 0.467. The fourth-order valence-corrected chi connectivity index (χ4v) is 2.26. The third-order valence-electron chi connectivity index (χ3n) is 3.44. The Hall–Kier alpha value is -2.08. The van der Waals surface area contributed by atoms with E-state index in [4.69, 9.17) is 9.52 Å². The van der Waals surface area contributed by atoms with Crippen LogP contribution in [0.1, 0.15) is 20.8 Å². The van der Waals surface area contributed by atoms with Gasteiger partial charge in [0.15, 0.2) is 5.58 Å². The van der Waals surface area contributed by atoms with Crippen LogP contribution in [0.5, 0.6) is 0 Å². The number of benzene rings is 1. The number of para-hydroxylation sites is 2. The van der Waals surface area contributed by atoms with Crippen molar-refractivity contribution in [1.29, 1.82) is 0 Å². The van der Waals surface area contributed by atoms with Gasteiger partial charge in [0.2, 0.25) is 0 Å². The zero-order chi connectivity index (χ0) is 15.6. The van der Waals surface area contributed by atoms with Crippen LogP contribution in [0.4, 0.5) is 0 Å². The van der Waals surface area contributed by atoms with Crippen LogP contribution in [0, 0.1) is 0 Å². The second kappa shape index (κ2) is 5.73. The molecule has 2 rings (SSSR count). The van der Waals surface area contributed by atoms with Crippen molar-refractivity contribution < 1.29 is 14.3 Å². The number of aliphatic carboxylic acids is 1. The van der Waals surface area contributed by atoms with Crippen LogP contribution in [-0.2, 0) is 11.3 Å². The highest BCUT2D eigenvalue weighted by Gasteiger charge is 2.23. The van der Waals surface area contributed by atoms with Gasteiger partial charge in [-0.1, -0.05) is 12.1 Å². The third kappa shape index (κ3) is 3.52. The number of hydrogen-bond donors (Lipinski definition) is 1. The summed E-state index contributed by atoms with van der Waals surface area (Å²) in [4.78, 5) is 24.7. The number of hydrogen-bond acceptors (Lipinski definition) is 4. The Morgan fingerprint density at radius 2 is 2.00 bits per heavy atom. The molecule has 0 atom stereocenters. The van der Waals surface area contributed by atoms with E-state index in [9.17, 15) is 9.59 Å². The predicted molar refractivity (Wildman–Crippen MR) is 79.4 cm³/mol. The number of carboxylic acid groups (broad SMARTS) is 1. The summed E-state index contributed by atoms with van der Waals surface area (Å²) in [5.74, 6) is -1.30. The number of aromatic nitrogens is 1. The first-order valence-electron chi connectivity index (χ1n) is 6.84. The number of oxazole rings is 1. The molecule has 0 saturated carbocycles. The number of nitrogens with zero attached hydrogens (tertiary/aromatic N) is 2. The van der Waals surface area contributed by atoms with Gasteiger partial charge in [-0.15, -0.1) is 0 Å². The van der Waals surface area contributed by atoms with E-state index in [0.29, 0.717) is 18.7 Å². The van der Waals surface area contributed by atoms with Gasteiger partial charge in [-0.2, -0.15) is 0 Å². The summed E-state index contributed by atoms with van der Waals surface area (Å²) in [7, 11) is 0. The van der Waals surface area contributed by atoms with Gasteiger partial charge in [-0.05, 0) is 32.9 Å². The molecule has 0 aliphatic carbocycles. The van der Waals surface area contributed by atoms with E-state index in [-0.39, 0.29) is 12.1 Å². The second-order valence-electron chi connectivity index (χ2n) is 5.97. The average Bonchev–Trinajstić information content (AvgIpc) is 2.68. The summed E-state index contributed by atoms with van der Waals surface area (Å²) in [5, 5.41) is 9.00. The summed E-state index contributed by atoms with van der Waals surface area (Å²) in [6.07, 6.45) is 0. The Morgan fingerprint density at radius 3 is 2.62 bits per heavy atom. The maximum absolute atomic E-state index is 11.9. The number of carbonyl (C=O) groups is 1. The number of rotatable bonds is 5. The number of carboxylic acids is 1. The predicted octanol–water partition coefficient (Wildman–Crippen LogP) is 1.78. The van der Waals surface area contributed by atoms with Gasteiger partial charge < -0.3 is 9.52 Å². The molecule has 0 amide bonds. The minimum Gasteiger partial charge on any atom is -0.480 e. The Morgan fingerprint density at radius 1 is 1.33 bits per heavy atom. The van der Waals surface area contributed by atoms with Gasteiger partial charge in [-0.3, -0.25) is 14.3 Å². The standard InChI is InChI=1S/C15H20N2O4/c1-15(2,3)16(10-13(18)19)8-9-17-11-6-4-5-7-12(11)21-14(17)20/h4-7H,8-10H2,1-3H3,(H,18,19). The third-order valence-corrected chi connectivity index (χ3v) is 3.44. The molecule has 1 aromatic heterocycles. The molecule has 1 N–H and O–H groups in total. The van der Waals surface area contributed by atoms with Crippen LogP contribution in [0.2, 0.25) is 0 Å². The molecule has 0 saturated heterocycles. The van der Waals surface area contributed by atoms with Crippen LogP contribution in [0.3, 0.4) is 0 Å². The van der Waals surface area contributed by atoms with E-state index < -0.39 is 11.7 Å². The highest BCUT2D eigenvalue weighted by Crippen LogP contribution is 2.15. The first kappa shape index (κ1) is 15.3. The van der Waals surface area contributed by atoms with Gasteiger partial charge >= 0.3 is 11.7 Å². The molecule has 1 heterocycles. The second-order valence-corrected chi connectivity index (χ2v) is 5.97. The molecule has 6 heteroatoms. The molecule has 1 aromatic carbocycles. The molecule has 0 bridgehead atoms. The molecule has 2 aromatic rings. The lowest BCUT2D eigenvalue weighted by molar-refractivity contribution is -0.139. The molecule has 6 nitrogen and oxygen atoms in total. The van der Waals surface area contributed by atoms with E-state index in [1.807, 2.05) is 43.9 Å². The zero-order valence-corrected chi connectivity index (χ0v) is 12.5. The quantitative estimate of drug-likeness (QED) is 0.909. The molecule has 0 fully saturated rings. The molecule has 0 radical (unpaired) electrons. The first-order valence-corrected chi connectivity index (χ1v) is 6.84. The minimum atomic E-state index is -0.880. The fourth-order valence-electron chi connectivity index (χ4n) is 2.26. The van der Waals surface area contributed by atoms with E-state index in [0.717, 1.165) is 5.52 Å². The molecule has 0 aliphatic rings. The maximum atomic E-state index is 11.9. The normalized spacial score (nSPS) is 12.2. The molecular weight excluding hydrogens is 272 g/mol. The smallest absolute Gasteiger partial charge is 0.419 e. The largest absolute Gasteiger partial charge is 0.480 e. The Balaban J connectivity index is 2.21. The van der Waals surface area contributed by atoms with Crippen molar-refractivity contribution in [3.63, 3.8) is 0 Å². The zero-order valence-electron chi connectivity index (χ0n) is 12.5. The summed E-state index contributed by atoms with van der Waals surface area (Å²) >= 11 is 0. The Bertz CT molecular complexity index is 693. The molecule has 0 aliphatic heterocycles. The van der Waals surface area contributed by atoms with Gasteiger partial charge in [-0.25, -0.2) is 4.79 Å². The average molecular weight is 292 g/mol. The number of fused-ring (bicyclic) bond motifs is 1. The van der Waals surface area contributed by atoms with Crippen molar-refractivity contribution in [3.8, 4) is 0 Å². The van der Waals surface area contributed by atoms with E-state index >= 15 is 0 Å². The molecule has 0 unspecified atom stereocenters. The molecule has 114 valence electrons. The van der Waals surface area contributed by atoms with Crippen molar-refractivity contribution in [3.05, 3.63) is 34.8 Å². The van der Waals surface area contributed by atoms with Crippen molar-refractivity contribution in [1.82, 2.24) is 9.47 Å². The van der Waals surface area contributed by atoms with E-state index in [1.54, 1.807) is 6.07 Å². The van der Waals surface area contributed by atoms with Gasteiger partial charge in [0.1, 0.15) is 0 Å². The van der Waals surface area contributed by atoms with Crippen LogP contribution in [-0.4, -0.2) is 39.2 Å². The maximum Gasteiger partial charge on any atom is 0.419 e. The molecule has 0 spiro atoms. The van der Waals surface area contributed by atoms with Crippen LogP contribution in [0.15, 0.2) is 33.5 Å². The molecular formula is C15H20N2O4. The molecule has 21 heavy (non-hydrogen) atoms. The monoisotopic (exact) mass is 292 g/mol. The van der Waals surface area contributed by atoms with Crippen LogP contribution >= 0.6 is 0 Å².